The van der Waals surface area contributed by atoms with E-state index in [1.165, 1.54) is 4.90 Å². The first-order valence-corrected chi connectivity index (χ1v) is 10.1. The highest BCUT2D eigenvalue weighted by atomic mass is 16.2. The third kappa shape index (κ3) is 3.46. The molecule has 1 spiro atoms. The van der Waals surface area contributed by atoms with Gasteiger partial charge in [0.05, 0.1) is 6.04 Å². The molecule has 26 heavy (non-hydrogen) atoms. The lowest BCUT2D eigenvalue weighted by molar-refractivity contribution is -0.139. The Balaban J connectivity index is 1.68. The highest BCUT2D eigenvalue weighted by molar-refractivity contribution is 6.07. The molecule has 1 N–H and O–H groups in total. The number of amides is 4. The van der Waals surface area contributed by atoms with E-state index in [9.17, 15) is 14.4 Å². The first kappa shape index (κ1) is 19.1. The van der Waals surface area contributed by atoms with Crippen LogP contribution >= 0.6 is 0 Å². The van der Waals surface area contributed by atoms with E-state index in [1.54, 1.807) is 0 Å². The molecule has 0 aliphatic carbocycles. The lowest BCUT2D eigenvalue weighted by Crippen LogP contribution is -2.57. The molecule has 0 aromatic heterocycles. The fourth-order valence-corrected chi connectivity index (χ4v) is 4.50. The monoisotopic (exact) mass is 364 g/mol. The number of hydrogen-bond acceptors (Lipinski definition) is 4. The Kier molecular flexibility index (Phi) is 5.55. The van der Waals surface area contributed by atoms with Gasteiger partial charge in [-0.3, -0.25) is 14.5 Å². The topological polar surface area (TPSA) is 73.0 Å². The molecule has 3 fully saturated rings. The molecule has 7 heteroatoms. The van der Waals surface area contributed by atoms with Crippen LogP contribution in [0.1, 0.15) is 59.3 Å². The molecule has 146 valence electrons. The maximum absolute atomic E-state index is 13.2. The second-order valence-corrected chi connectivity index (χ2v) is 8.20. The van der Waals surface area contributed by atoms with Crippen LogP contribution in [-0.4, -0.2) is 76.3 Å². The Bertz CT molecular complexity index is 569. The van der Waals surface area contributed by atoms with Crippen LogP contribution in [0.25, 0.3) is 0 Å². The summed E-state index contributed by atoms with van der Waals surface area (Å²) < 4.78 is 0. The average molecular weight is 364 g/mol. The molecular weight excluding hydrogens is 332 g/mol. The molecule has 4 amide bonds. The second-order valence-electron chi connectivity index (χ2n) is 8.20. The highest BCUT2D eigenvalue weighted by Crippen LogP contribution is 2.32. The molecule has 0 aromatic rings. The molecule has 7 nitrogen and oxygen atoms in total. The van der Waals surface area contributed by atoms with Crippen LogP contribution in [0.2, 0.25) is 0 Å². The molecule has 0 saturated carbocycles. The van der Waals surface area contributed by atoms with E-state index in [0.29, 0.717) is 31.8 Å². The van der Waals surface area contributed by atoms with Crippen LogP contribution in [0.3, 0.4) is 0 Å². The minimum atomic E-state index is -0.738. The van der Waals surface area contributed by atoms with Crippen molar-refractivity contribution in [2.24, 2.45) is 0 Å². The van der Waals surface area contributed by atoms with Crippen molar-refractivity contribution in [3.8, 4) is 0 Å². The van der Waals surface area contributed by atoms with Crippen molar-refractivity contribution in [3.63, 3.8) is 0 Å². The van der Waals surface area contributed by atoms with Gasteiger partial charge in [-0.25, -0.2) is 4.79 Å². The van der Waals surface area contributed by atoms with Crippen LogP contribution in [0.15, 0.2) is 0 Å². The van der Waals surface area contributed by atoms with Crippen molar-refractivity contribution in [3.05, 3.63) is 0 Å². The van der Waals surface area contributed by atoms with Crippen molar-refractivity contribution in [1.29, 1.82) is 0 Å². The van der Waals surface area contributed by atoms with Gasteiger partial charge in [0.2, 0.25) is 5.91 Å². The van der Waals surface area contributed by atoms with Crippen molar-refractivity contribution in [2.75, 3.05) is 26.2 Å². The number of hydrogen-bond donors (Lipinski definition) is 1. The summed E-state index contributed by atoms with van der Waals surface area (Å²) >= 11 is 0. The van der Waals surface area contributed by atoms with Crippen LogP contribution in [-0.2, 0) is 9.59 Å². The number of nitrogens with zero attached hydrogens (tertiary/aromatic N) is 3. The summed E-state index contributed by atoms with van der Waals surface area (Å²) in [5, 5.41) is 3.00. The minimum Gasteiger partial charge on any atom is -0.341 e. The highest BCUT2D eigenvalue weighted by Gasteiger charge is 2.54. The normalized spacial score (nSPS) is 26.7. The van der Waals surface area contributed by atoms with E-state index in [1.807, 2.05) is 11.8 Å². The molecule has 3 aliphatic heterocycles. The van der Waals surface area contributed by atoms with Crippen LogP contribution in [0.5, 0.6) is 0 Å². The molecular formula is C19H32N4O3. The van der Waals surface area contributed by atoms with E-state index in [2.05, 4.69) is 24.1 Å². The third-order valence-corrected chi connectivity index (χ3v) is 6.15. The van der Waals surface area contributed by atoms with E-state index in [0.717, 1.165) is 38.9 Å². The summed E-state index contributed by atoms with van der Waals surface area (Å²) in [6, 6.07) is -0.0190. The van der Waals surface area contributed by atoms with Crippen molar-refractivity contribution in [1.82, 2.24) is 20.0 Å². The molecule has 3 aliphatic rings. The Morgan fingerprint density at radius 2 is 1.92 bits per heavy atom. The number of likely N-dealkylation sites (tertiary alicyclic amines) is 2. The van der Waals surface area contributed by atoms with Gasteiger partial charge in [-0.05, 0) is 46.0 Å². The van der Waals surface area contributed by atoms with Gasteiger partial charge in [-0.1, -0.05) is 6.92 Å². The summed E-state index contributed by atoms with van der Waals surface area (Å²) in [5.74, 6) is 0.0462. The fourth-order valence-electron chi connectivity index (χ4n) is 4.50. The summed E-state index contributed by atoms with van der Waals surface area (Å²) in [5.41, 5.74) is -0.738. The maximum atomic E-state index is 13.2. The Morgan fingerprint density at radius 3 is 2.54 bits per heavy atom. The molecule has 1 atom stereocenters. The lowest BCUT2D eigenvalue weighted by atomic mass is 9.86. The quantitative estimate of drug-likeness (QED) is 0.769. The van der Waals surface area contributed by atoms with Gasteiger partial charge in [0.15, 0.2) is 0 Å². The Hall–Kier alpha value is -1.63. The standard InChI is InChI=1S/C19H32N4O3/c1-4-6-16(24)22-10-5-7-15(13-22)23-17(25)19(20-18(23)26)8-11-21(12-9-19)14(2)3/h14-15H,4-13H2,1-3H3,(H,20,26). The number of urea groups is 1. The van der Waals surface area contributed by atoms with E-state index in [-0.39, 0.29) is 23.9 Å². The maximum Gasteiger partial charge on any atom is 0.325 e. The van der Waals surface area contributed by atoms with Gasteiger partial charge in [0.25, 0.3) is 5.91 Å². The minimum absolute atomic E-state index is 0.0827. The number of piperidine rings is 2. The largest absolute Gasteiger partial charge is 0.341 e. The van der Waals surface area contributed by atoms with Gasteiger partial charge in [-0.2, -0.15) is 0 Å². The Labute approximate surface area is 156 Å². The number of carbonyl (C=O) groups is 3. The van der Waals surface area contributed by atoms with Gasteiger partial charge in [0.1, 0.15) is 5.54 Å². The van der Waals surface area contributed by atoms with E-state index in [4.69, 9.17) is 0 Å². The first-order chi connectivity index (χ1) is 12.4. The molecule has 0 bridgehead atoms. The average Bonchev–Trinajstić information content (AvgIpc) is 2.85. The molecule has 0 aromatic carbocycles. The molecule has 3 heterocycles. The molecule has 1 unspecified atom stereocenters. The van der Waals surface area contributed by atoms with Gasteiger partial charge >= 0.3 is 6.03 Å². The zero-order chi connectivity index (χ0) is 18.9. The number of nitrogens with one attached hydrogen (secondary N) is 1. The SMILES string of the molecule is CCCC(=O)N1CCCC(N2C(=O)NC3(CCN(C(C)C)CC3)C2=O)C1. The second kappa shape index (κ2) is 7.55. The van der Waals surface area contributed by atoms with Crippen LogP contribution in [0, 0.1) is 0 Å². The van der Waals surface area contributed by atoms with E-state index < -0.39 is 5.54 Å². The summed E-state index contributed by atoms with van der Waals surface area (Å²) in [7, 11) is 0. The molecule has 0 radical (unpaired) electrons. The van der Waals surface area contributed by atoms with Gasteiger partial charge in [0, 0.05) is 38.6 Å². The van der Waals surface area contributed by atoms with E-state index >= 15 is 0 Å². The molecule has 3 rings (SSSR count). The van der Waals surface area contributed by atoms with Crippen molar-refractivity contribution in [2.45, 2.75) is 76.9 Å². The predicted molar refractivity (Wildman–Crippen MR) is 98.6 cm³/mol. The van der Waals surface area contributed by atoms with Crippen molar-refractivity contribution >= 4 is 17.8 Å². The third-order valence-electron chi connectivity index (χ3n) is 6.15. The summed E-state index contributed by atoms with van der Waals surface area (Å²) in [4.78, 5) is 43.7. The molecule has 3 saturated heterocycles. The van der Waals surface area contributed by atoms with Crippen LogP contribution in [0.4, 0.5) is 4.79 Å². The zero-order valence-electron chi connectivity index (χ0n) is 16.3. The summed E-state index contributed by atoms with van der Waals surface area (Å²) in [6.07, 6.45) is 4.30. The van der Waals surface area contributed by atoms with Gasteiger partial charge < -0.3 is 15.1 Å². The number of rotatable bonds is 4. The predicted octanol–water partition coefficient (Wildman–Crippen LogP) is 1.57. The zero-order valence-corrected chi connectivity index (χ0v) is 16.3. The van der Waals surface area contributed by atoms with Crippen LogP contribution < -0.4 is 5.32 Å². The summed E-state index contributed by atoms with van der Waals surface area (Å²) in [6.45, 7) is 9.16. The van der Waals surface area contributed by atoms with Crippen molar-refractivity contribution < 1.29 is 14.4 Å². The number of carbonyl (C=O) groups excluding carboxylic acids is 3. The first-order valence-electron chi connectivity index (χ1n) is 10.1. The number of imide groups is 1. The lowest BCUT2D eigenvalue weighted by Gasteiger charge is -2.40. The van der Waals surface area contributed by atoms with Gasteiger partial charge in [-0.15, -0.1) is 0 Å². The fraction of sp³-hybridized carbons (Fsp3) is 0.842. The smallest absolute Gasteiger partial charge is 0.325 e. The Morgan fingerprint density at radius 1 is 1.23 bits per heavy atom.